The summed E-state index contributed by atoms with van der Waals surface area (Å²) < 4.78 is 35.3. The number of nitrogen functional groups attached to an aromatic ring is 1. The molecule has 0 aliphatic carbocycles. The highest BCUT2D eigenvalue weighted by atomic mass is 19.4. The Hall–Kier alpha value is -1.20. The van der Waals surface area contributed by atoms with E-state index in [1.165, 1.54) is 6.20 Å². The highest BCUT2D eigenvalue weighted by Crippen LogP contribution is 2.22. The van der Waals surface area contributed by atoms with Gasteiger partial charge in [-0.05, 0) is 12.8 Å². The Morgan fingerprint density at radius 3 is 2.53 bits per heavy atom. The quantitative estimate of drug-likeness (QED) is 0.751. The first kappa shape index (κ1) is 11.9. The molecule has 0 aliphatic heterocycles. The fourth-order valence-corrected chi connectivity index (χ4v) is 1.30. The standard InChI is InChI=1S/C9H14F3N3/c10-9(11,12)5-3-1-2-4-8-14-6-7(13)15-8/h6H,1-5,13H2,(H,14,15). The van der Waals surface area contributed by atoms with Crippen molar-refractivity contribution in [3.05, 3.63) is 12.0 Å². The maximum Gasteiger partial charge on any atom is 0.389 e. The molecule has 0 radical (unpaired) electrons. The number of aryl methyl sites for hydroxylation is 1. The summed E-state index contributed by atoms with van der Waals surface area (Å²) in [5.74, 6) is 1.22. The van der Waals surface area contributed by atoms with Gasteiger partial charge in [-0.2, -0.15) is 13.2 Å². The van der Waals surface area contributed by atoms with Crippen molar-refractivity contribution in [3.63, 3.8) is 0 Å². The second-order valence-electron chi connectivity index (χ2n) is 3.46. The Morgan fingerprint density at radius 2 is 2.00 bits per heavy atom. The summed E-state index contributed by atoms with van der Waals surface area (Å²) in [4.78, 5) is 6.79. The van der Waals surface area contributed by atoms with E-state index in [2.05, 4.69) is 9.97 Å². The molecule has 1 rings (SSSR count). The van der Waals surface area contributed by atoms with Crippen LogP contribution in [0.5, 0.6) is 0 Å². The molecular weight excluding hydrogens is 207 g/mol. The number of halogens is 3. The molecule has 0 aromatic carbocycles. The Bertz CT molecular complexity index is 293. The molecule has 0 saturated heterocycles. The number of aromatic amines is 1. The van der Waals surface area contributed by atoms with Gasteiger partial charge in [0, 0.05) is 12.8 Å². The van der Waals surface area contributed by atoms with E-state index in [0.717, 1.165) is 5.82 Å². The molecule has 0 bridgehead atoms. The molecule has 1 aromatic heterocycles. The van der Waals surface area contributed by atoms with Crippen LogP contribution < -0.4 is 5.73 Å². The molecule has 0 aliphatic rings. The van der Waals surface area contributed by atoms with Crippen LogP contribution in [0, 0.1) is 0 Å². The fraction of sp³-hybridized carbons (Fsp3) is 0.667. The van der Waals surface area contributed by atoms with Crippen LogP contribution in [0.3, 0.4) is 0 Å². The zero-order valence-electron chi connectivity index (χ0n) is 8.27. The van der Waals surface area contributed by atoms with Crippen LogP contribution in [-0.4, -0.2) is 16.1 Å². The third-order valence-electron chi connectivity index (χ3n) is 2.02. The zero-order chi connectivity index (χ0) is 11.3. The van der Waals surface area contributed by atoms with E-state index < -0.39 is 12.6 Å². The van der Waals surface area contributed by atoms with Crippen molar-refractivity contribution in [2.75, 3.05) is 5.73 Å². The third-order valence-corrected chi connectivity index (χ3v) is 2.02. The van der Waals surface area contributed by atoms with Crippen molar-refractivity contribution >= 4 is 5.82 Å². The van der Waals surface area contributed by atoms with E-state index in [1.807, 2.05) is 0 Å². The molecule has 0 amide bonds. The van der Waals surface area contributed by atoms with Crippen LogP contribution >= 0.6 is 0 Å². The molecular formula is C9H14F3N3. The molecule has 86 valence electrons. The topological polar surface area (TPSA) is 54.7 Å². The van der Waals surface area contributed by atoms with Gasteiger partial charge in [-0.15, -0.1) is 0 Å². The average molecular weight is 221 g/mol. The summed E-state index contributed by atoms with van der Waals surface area (Å²) in [6.07, 6.45) is -1.15. The van der Waals surface area contributed by atoms with Gasteiger partial charge in [-0.3, -0.25) is 0 Å². The molecule has 1 aromatic rings. The van der Waals surface area contributed by atoms with E-state index in [9.17, 15) is 13.2 Å². The van der Waals surface area contributed by atoms with E-state index >= 15 is 0 Å². The van der Waals surface area contributed by atoms with Gasteiger partial charge in [-0.25, -0.2) is 4.98 Å². The number of nitrogens with two attached hydrogens (primary N) is 1. The molecule has 1 heterocycles. The number of nitrogens with one attached hydrogen (secondary N) is 1. The number of imidazole rings is 1. The molecule has 0 unspecified atom stereocenters. The lowest BCUT2D eigenvalue weighted by Crippen LogP contribution is -2.06. The van der Waals surface area contributed by atoms with Gasteiger partial charge in [0.25, 0.3) is 0 Å². The first-order valence-electron chi connectivity index (χ1n) is 4.83. The summed E-state index contributed by atoms with van der Waals surface area (Å²) in [6.45, 7) is 0. The number of hydrogen-bond acceptors (Lipinski definition) is 2. The Morgan fingerprint density at radius 1 is 1.27 bits per heavy atom. The fourth-order valence-electron chi connectivity index (χ4n) is 1.30. The molecule has 0 atom stereocenters. The number of nitrogens with zero attached hydrogens (tertiary/aromatic N) is 1. The van der Waals surface area contributed by atoms with Gasteiger partial charge in [-0.1, -0.05) is 6.42 Å². The maximum atomic E-state index is 11.8. The highest BCUT2D eigenvalue weighted by molar-refractivity contribution is 5.24. The van der Waals surface area contributed by atoms with Gasteiger partial charge >= 0.3 is 6.18 Å². The van der Waals surface area contributed by atoms with Gasteiger partial charge in [0.1, 0.15) is 11.6 Å². The molecule has 3 nitrogen and oxygen atoms in total. The highest BCUT2D eigenvalue weighted by Gasteiger charge is 2.25. The summed E-state index contributed by atoms with van der Waals surface area (Å²) in [5.41, 5.74) is 5.40. The normalized spacial score (nSPS) is 11.9. The minimum Gasteiger partial charge on any atom is -0.384 e. The van der Waals surface area contributed by atoms with Gasteiger partial charge in [0.2, 0.25) is 0 Å². The lowest BCUT2D eigenvalue weighted by atomic mass is 10.1. The van der Waals surface area contributed by atoms with Crippen LogP contribution in [0.4, 0.5) is 19.0 Å². The first-order chi connectivity index (χ1) is 6.97. The summed E-state index contributed by atoms with van der Waals surface area (Å²) in [7, 11) is 0. The van der Waals surface area contributed by atoms with E-state index in [0.29, 0.717) is 25.1 Å². The van der Waals surface area contributed by atoms with Crippen LogP contribution in [-0.2, 0) is 6.42 Å². The number of H-pyrrole nitrogens is 1. The smallest absolute Gasteiger partial charge is 0.384 e. The second kappa shape index (κ2) is 5.04. The van der Waals surface area contributed by atoms with Crippen LogP contribution in [0.1, 0.15) is 31.5 Å². The van der Waals surface area contributed by atoms with Crippen molar-refractivity contribution in [2.24, 2.45) is 0 Å². The summed E-state index contributed by atoms with van der Waals surface area (Å²) in [6, 6.07) is 0. The Kier molecular flexibility index (Phi) is 3.99. The van der Waals surface area contributed by atoms with Crippen molar-refractivity contribution in [1.29, 1.82) is 0 Å². The SMILES string of the molecule is Nc1cnc(CCCCCC(F)(F)F)[nH]1. The average Bonchev–Trinajstić information content (AvgIpc) is 2.49. The monoisotopic (exact) mass is 221 g/mol. The minimum atomic E-state index is -4.03. The molecule has 15 heavy (non-hydrogen) atoms. The number of unbranched alkanes of at least 4 members (excludes halogenated alkanes) is 2. The van der Waals surface area contributed by atoms with Crippen molar-refractivity contribution in [2.45, 2.75) is 38.3 Å². The van der Waals surface area contributed by atoms with Crippen molar-refractivity contribution in [1.82, 2.24) is 9.97 Å². The number of hydrogen-bond donors (Lipinski definition) is 2. The summed E-state index contributed by atoms with van der Waals surface area (Å²) >= 11 is 0. The predicted molar refractivity (Wildman–Crippen MR) is 51.2 cm³/mol. The van der Waals surface area contributed by atoms with Crippen LogP contribution in [0.2, 0.25) is 0 Å². The number of alkyl halides is 3. The van der Waals surface area contributed by atoms with Crippen molar-refractivity contribution in [3.8, 4) is 0 Å². The molecule has 0 saturated carbocycles. The van der Waals surface area contributed by atoms with Crippen LogP contribution in [0.15, 0.2) is 6.20 Å². The van der Waals surface area contributed by atoms with E-state index in [1.54, 1.807) is 0 Å². The second-order valence-corrected chi connectivity index (χ2v) is 3.46. The Balaban J connectivity index is 2.07. The molecule has 3 N–H and O–H groups in total. The molecule has 0 spiro atoms. The largest absolute Gasteiger partial charge is 0.389 e. The van der Waals surface area contributed by atoms with Gasteiger partial charge < -0.3 is 10.7 Å². The number of aromatic nitrogens is 2. The predicted octanol–water partition coefficient (Wildman–Crippen LogP) is 2.66. The molecule has 0 fully saturated rings. The first-order valence-corrected chi connectivity index (χ1v) is 4.83. The maximum absolute atomic E-state index is 11.8. The van der Waals surface area contributed by atoms with E-state index in [4.69, 9.17) is 5.73 Å². The lowest BCUT2D eigenvalue weighted by Gasteiger charge is -2.04. The lowest BCUT2D eigenvalue weighted by molar-refractivity contribution is -0.135. The summed E-state index contributed by atoms with van der Waals surface area (Å²) in [5, 5.41) is 0. The van der Waals surface area contributed by atoms with E-state index in [-0.39, 0.29) is 6.42 Å². The van der Waals surface area contributed by atoms with Gasteiger partial charge in [0.15, 0.2) is 0 Å². The van der Waals surface area contributed by atoms with Gasteiger partial charge in [0.05, 0.1) is 6.20 Å². The minimum absolute atomic E-state index is 0.180. The third kappa shape index (κ3) is 5.29. The zero-order valence-corrected chi connectivity index (χ0v) is 8.27. The van der Waals surface area contributed by atoms with Crippen molar-refractivity contribution < 1.29 is 13.2 Å². The number of rotatable bonds is 5. The van der Waals surface area contributed by atoms with Crippen LogP contribution in [0.25, 0.3) is 0 Å². The molecule has 6 heteroatoms. The Labute approximate surface area is 85.9 Å². The number of anilines is 1.